The number of hydrogen-bond donors (Lipinski definition) is 1. The van der Waals surface area contributed by atoms with Crippen LogP contribution in [0.4, 0.5) is 14.5 Å². The van der Waals surface area contributed by atoms with Crippen molar-refractivity contribution in [2.45, 2.75) is 16.5 Å². The molecule has 1 amide bonds. The molecule has 0 spiro atoms. The van der Waals surface area contributed by atoms with E-state index in [4.69, 9.17) is 4.74 Å². The number of aromatic nitrogens is 2. The van der Waals surface area contributed by atoms with E-state index in [0.717, 1.165) is 21.9 Å². The average molecular weight is 437 g/mol. The van der Waals surface area contributed by atoms with Gasteiger partial charge in [0.25, 0.3) is 5.91 Å². The molecule has 4 rings (SSSR count). The lowest BCUT2D eigenvalue weighted by Gasteiger charge is -2.10. The number of anilines is 1. The smallest absolute Gasteiger partial charge is 0.276 e. The first-order chi connectivity index (χ1) is 15.1. The summed E-state index contributed by atoms with van der Waals surface area (Å²) in [5.41, 5.74) is 0.850. The Morgan fingerprint density at radius 2 is 1.77 bits per heavy atom. The van der Waals surface area contributed by atoms with E-state index in [0.29, 0.717) is 5.69 Å². The third kappa shape index (κ3) is 5.29. The number of benzene rings is 3. The normalized spacial score (nSPS) is 10.6. The Balaban J connectivity index is 1.41. The van der Waals surface area contributed by atoms with Gasteiger partial charge in [0.05, 0.1) is 5.69 Å². The van der Waals surface area contributed by atoms with Crippen LogP contribution in [-0.4, -0.2) is 15.7 Å². The molecule has 4 aromatic rings. The highest BCUT2D eigenvalue weighted by Gasteiger charge is 2.13. The zero-order valence-electron chi connectivity index (χ0n) is 16.2. The van der Waals surface area contributed by atoms with Crippen LogP contribution in [0.3, 0.4) is 0 Å². The minimum atomic E-state index is -0.808. The maximum atomic E-state index is 13.7. The van der Waals surface area contributed by atoms with Gasteiger partial charge < -0.3 is 10.1 Å². The number of rotatable bonds is 7. The minimum absolute atomic E-state index is 0.102. The van der Waals surface area contributed by atoms with Crippen LogP contribution in [0, 0.1) is 11.6 Å². The first-order valence-electron chi connectivity index (χ1n) is 9.33. The second-order valence-corrected chi connectivity index (χ2v) is 7.57. The number of ether oxygens (including phenoxy) is 1. The lowest BCUT2D eigenvalue weighted by atomic mass is 10.3. The summed E-state index contributed by atoms with van der Waals surface area (Å²) < 4.78 is 33.3. The molecular weight excluding hydrogens is 420 g/mol. The number of hydrogen-bond acceptors (Lipinski definition) is 4. The molecule has 0 fully saturated rings. The summed E-state index contributed by atoms with van der Waals surface area (Å²) in [5.74, 6) is -1.98. The number of nitrogens with one attached hydrogen (secondary N) is 1. The van der Waals surface area contributed by atoms with E-state index in [9.17, 15) is 13.6 Å². The molecule has 31 heavy (non-hydrogen) atoms. The van der Waals surface area contributed by atoms with Crippen molar-refractivity contribution in [2.75, 3.05) is 5.32 Å². The fourth-order valence-electron chi connectivity index (χ4n) is 2.74. The van der Waals surface area contributed by atoms with Crippen LogP contribution in [0.2, 0.25) is 0 Å². The molecule has 0 unspecified atom stereocenters. The lowest BCUT2D eigenvalue weighted by Crippen LogP contribution is -2.14. The van der Waals surface area contributed by atoms with Crippen molar-refractivity contribution in [1.29, 1.82) is 0 Å². The molecule has 0 saturated heterocycles. The van der Waals surface area contributed by atoms with Gasteiger partial charge in [-0.25, -0.2) is 13.5 Å². The number of carbonyl (C=O) groups is 1. The maximum Gasteiger partial charge on any atom is 0.276 e. The van der Waals surface area contributed by atoms with E-state index in [1.165, 1.54) is 16.8 Å². The van der Waals surface area contributed by atoms with Crippen molar-refractivity contribution in [3.63, 3.8) is 0 Å². The lowest BCUT2D eigenvalue weighted by molar-refractivity contribution is 0.102. The number of para-hydroxylation sites is 1. The van der Waals surface area contributed by atoms with Crippen LogP contribution < -0.4 is 10.1 Å². The van der Waals surface area contributed by atoms with E-state index >= 15 is 0 Å². The summed E-state index contributed by atoms with van der Waals surface area (Å²) in [6, 6.07) is 21.9. The minimum Gasteiger partial charge on any atom is -0.468 e. The number of carbonyl (C=O) groups excluding carboxylic acids is 1. The summed E-state index contributed by atoms with van der Waals surface area (Å²) in [6.07, 6.45) is 1.54. The molecule has 1 aromatic heterocycles. The fraction of sp³-hybridized carbons (Fsp3) is 0.0435. The predicted molar refractivity (Wildman–Crippen MR) is 114 cm³/mol. The highest BCUT2D eigenvalue weighted by Crippen LogP contribution is 2.33. The monoisotopic (exact) mass is 437 g/mol. The van der Waals surface area contributed by atoms with E-state index < -0.39 is 11.6 Å². The Hall–Kier alpha value is -3.65. The Morgan fingerprint density at radius 3 is 2.58 bits per heavy atom. The van der Waals surface area contributed by atoms with Crippen LogP contribution >= 0.6 is 11.8 Å². The van der Waals surface area contributed by atoms with Crippen LogP contribution in [0.5, 0.6) is 5.75 Å². The van der Waals surface area contributed by atoms with Gasteiger partial charge in [-0.15, -0.1) is 0 Å². The van der Waals surface area contributed by atoms with Crippen molar-refractivity contribution in [1.82, 2.24) is 9.78 Å². The molecule has 0 saturated carbocycles. The SMILES string of the molecule is O=C(Nc1ccccc1Sc1ccccc1)c1ccn(COc2ccc(F)cc2F)n1. The molecule has 1 N–H and O–H groups in total. The summed E-state index contributed by atoms with van der Waals surface area (Å²) in [6.45, 7) is -0.129. The highest BCUT2D eigenvalue weighted by molar-refractivity contribution is 7.99. The van der Waals surface area contributed by atoms with E-state index in [1.807, 2.05) is 54.6 Å². The molecule has 0 radical (unpaired) electrons. The molecule has 1 heterocycles. The van der Waals surface area contributed by atoms with Gasteiger partial charge in [-0.2, -0.15) is 5.10 Å². The summed E-state index contributed by atoms with van der Waals surface area (Å²) in [5, 5.41) is 7.03. The third-order valence-corrected chi connectivity index (χ3v) is 5.31. The van der Waals surface area contributed by atoms with Gasteiger partial charge in [-0.1, -0.05) is 42.1 Å². The van der Waals surface area contributed by atoms with Gasteiger partial charge in [0.15, 0.2) is 24.0 Å². The molecular formula is C23H17F2N3O2S. The Labute approximate surface area is 181 Å². The average Bonchev–Trinajstić information content (AvgIpc) is 3.24. The molecule has 3 aromatic carbocycles. The number of amides is 1. The molecule has 8 heteroatoms. The molecule has 0 aliphatic carbocycles. The predicted octanol–water partition coefficient (Wildman–Crippen LogP) is 5.60. The summed E-state index contributed by atoms with van der Waals surface area (Å²) >= 11 is 1.54. The van der Waals surface area contributed by atoms with Gasteiger partial charge in [0.2, 0.25) is 0 Å². The Morgan fingerprint density at radius 1 is 1.00 bits per heavy atom. The van der Waals surface area contributed by atoms with E-state index in [2.05, 4.69) is 10.4 Å². The quantitative estimate of drug-likeness (QED) is 0.409. The molecule has 156 valence electrons. The van der Waals surface area contributed by atoms with E-state index in [-0.39, 0.29) is 24.1 Å². The van der Waals surface area contributed by atoms with Crippen molar-refractivity contribution >= 4 is 23.4 Å². The molecule has 0 bridgehead atoms. The van der Waals surface area contributed by atoms with Crippen molar-refractivity contribution in [3.05, 3.63) is 102 Å². The van der Waals surface area contributed by atoms with Crippen LogP contribution in [0.25, 0.3) is 0 Å². The first kappa shape index (κ1) is 20.6. The van der Waals surface area contributed by atoms with Gasteiger partial charge in [0.1, 0.15) is 5.82 Å². The standard InChI is InChI=1S/C23H17F2N3O2S/c24-16-10-11-21(18(25)14-16)30-15-28-13-12-20(27-28)23(29)26-19-8-4-5-9-22(19)31-17-6-2-1-3-7-17/h1-14H,15H2,(H,26,29). The highest BCUT2D eigenvalue weighted by atomic mass is 32.2. The van der Waals surface area contributed by atoms with Crippen LogP contribution in [0.15, 0.2) is 94.9 Å². The van der Waals surface area contributed by atoms with Crippen molar-refractivity contribution in [2.24, 2.45) is 0 Å². The largest absolute Gasteiger partial charge is 0.468 e. The maximum absolute atomic E-state index is 13.7. The van der Waals surface area contributed by atoms with E-state index in [1.54, 1.807) is 18.0 Å². The molecule has 0 atom stereocenters. The second-order valence-electron chi connectivity index (χ2n) is 6.45. The van der Waals surface area contributed by atoms with Gasteiger partial charge in [-0.3, -0.25) is 4.79 Å². The topological polar surface area (TPSA) is 56.2 Å². The molecule has 0 aliphatic rings. The summed E-state index contributed by atoms with van der Waals surface area (Å²) in [4.78, 5) is 14.6. The van der Waals surface area contributed by atoms with Crippen LogP contribution in [-0.2, 0) is 6.73 Å². The fourth-order valence-corrected chi connectivity index (χ4v) is 3.67. The molecule has 5 nitrogen and oxygen atoms in total. The van der Waals surface area contributed by atoms with Crippen molar-refractivity contribution in [3.8, 4) is 5.75 Å². The number of halogens is 2. The van der Waals surface area contributed by atoms with Gasteiger partial charge in [-0.05, 0) is 42.5 Å². The zero-order valence-corrected chi connectivity index (χ0v) is 17.0. The van der Waals surface area contributed by atoms with Gasteiger partial charge >= 0.3 is 0 Å². The first-order valence-corrected chi connectivity index (χ1v) is 10.1. The molecule has 0 aliphatic heterocycles. The van der Waals surface area contributed by atoms with Gasteiger partial charge in [0, 0.05) is 22.1 Å². The third-order valence-electron chi connectivity index (χ3n) is 4.23. The number of nitrogens with zero attached hydrogens (tertiary/aromatic N) is 2. The summed E-state index contributed by atoms with van der Waals surface area (Å²) in [7, 11) is 0. The second kappa shape index (κ2) is 9.44. The Bertz CT molecular complexity index is 1200. The Kier molecular flexibility index (Phi) is 6.28. The van der Waals surface area contributed by atoms with Crippen LogP contribution in [0.1, 0.15) is 10.5 Å². The van der Waals surface area contributed by atoms with Crippen molar-refractivity contribution < 1.29 is 18.3 Å². The zero-order chi connectivity index (χ0) is 21.6.